The molecule has 1 fully saturated rings. The van der Waals surface area contributed by atoms with Crippen LogP contribution in [-0.4, -0.2) is 42.0 Å². The predicted octanol–water partition coefficient (Wildman–Crippen LogP) is 4.92. The van der Waals surface area contributed by atoms with Crippen molar-refractivity contribution in [3.63, 3.8) is 0 Å². The first-order valence-corrected chi connectivity index (χ1v) is 11.3. The summed E-state index contributed by atoms with van der Waals surface area (Å²) in [5.74, 6) is -0.289. The third-order valence-electron chi connectivity index (χ3n) is 5.95. The van der Waals surface area contributed by atoms with Crippen LogP contribution in [0.2, 0.25) is 0 Å². The molecule has 1 heterocycles. The number of aliphatic hydroxyl groups is 1. The number of carbonyl (C=O) groups is 2. The van der Waals surface area contributed by atoms with E-state index in [4.69, 9.17) is 9.47 Å². The molecule has 178 valence electrons. The van der Waals surface area contributed by atoms with Gasteiger partial charge >= 0.3 is 0 Å². The maximum atomic E-state index is 13.2. The molecule has 1 amide bonds. The van der Waals surface area contributed by atoms with Crippen molar-refractivity contribution in [2.75, 3.05) is 20.3 Å². The van der Waals surface area contributed by atoms with Gasteiger partial charge in [0.25, 0.3) is 11.7 Å². The minimum absolute atomic E-state index is 0.0630. The molecule has 0 aromatic heterocycles. The van der Waals surface area contributed by atoms with Gasteiger partial charge < -0.3 is 19.5 Å². The van der Waals surface area contributed by atoms with Gasteiger partial charge in [0.05, 0.1) is 18.7 Å². The molecule has 1 saturated heterocycles. The molecule has 35 heavy (non-hydrogen) atoms. The summed E-state index contributed by atoms with van der Waals surface area (Å²) in [5.41, 5.74) is 2.26. The van der Waals surface area contributed by atoms with E-state index < -0.39 is 17.7 Å². The third-order valence-corrected chi connectivity index (χ3v) is 5.95. The average molecular weight is 470 g/mol. The van der Waals surface area contributed by atoms with Crippen molar-refractivity contribution in [3.8, 4) is 11.5 Å². The van der Waals surface area contributed by atoms with Gasteiger partial charge in [-0.15, -0.1) is 0 Å². The summed E-state index contributed by atoms with van der Waals surface area (Å²) < 4.78 is 10.8. The fourth-order valence-corrected chi connectivity index (χ4v) is 4.16. The maximum Gasteiger partial charge on any atom is 0.295 e. The predicted molar refractivity (Wildman–Crippen MR) is 134 cm³/mol. The van der Waals surface area contributed by atoms with E-state index in [1.54, 1.807) is 49.6 Å². The van der Waals surface area contributed by atoms with Crippen molar-refractivity contribution in [3.05, 3.63) is 114 Å². The number of nitrogens with zero attached hydrogens (tertiary/aromatic N) is 1. The van der Waals surface area contributed by atoms with Crippen molar-refractivity contribution in [1.29, 1.82) is 0 Å². The number of hydrogen-bond acceptors (Lipinski definition) is 5. The van der Waals surface area contributed by atoms with E-state index in [1.807, 2.05) is 42.5 Å². The van der Waals surface area contributed by atoms with Crippen LogP contribution in [0.5, 0.6) is 11.5 Å². The van der Waals surface area contributed by atoms with Gasteiger partial charge in [-0.05, 0) is 53.9 Å². The monoisotopic (exact) mass is 469 g/mol. The van der Waals surface area contributed by atoms with Crippen LogP contribution < -0.4 is 9.47 Å². The van der Waals surface area contributed by atoms with Gasteiger partial charge in [0.1, 0.15) is 23.9 Å². The van der Waals surface area contributed by atoms with Gasteiger partial charge in [0.2, 0.25) is 0 Å². The fourth-order valence-electron chi connectivity index (χ4n) is 4.16. The van der Waals surface area contributed by atoms with Gasteiger partial charge in [-0.25, -0.2) is 0 Å². The number of benzene rings is 3. The lowest BCUT2D eigenvalue weighted by Crippen LogP contribution is -2.31. The van der Waals surface area contributed by atoms with Gasteiger partial charge in [0.15, 0.2) is 0 Å². The number of rotatable bonds is 9. The van der Waals surface area contributed by atoms with Crippen LogP contribution in [0.15, 0.2) is 97.1 Å². The van der Waals surface area contributed by atoms with Crippen LogP contribution in [0.1, 0.15) is 22.7 Å². The first-order valence-electron chi connectivity index (χ1n) is 11.3. The molecule has 0 spiro atoms. The minimum Gasteiger partial charge on any atom is -0.507 e. The van der Waals surface area contributed by atoms with E-state index in [0.717, 1.165) is 5.56 Å². The van der Waals surface area contributed by atoms with Crippen molar-refractivity contribution >= 4 is 17.4 Å². The molecule has 1 aliphatic heterocycles. The Bertz CT molecular complexity index is 1230. The second kappa shape index (κ2) is 10.7. The molecule has 1 N–H and O–H groups in total. The van der Waals surface area contributed by atoms with Crippen molar-refractivity contribution < 1.29 is 24.2 Å². The lowest BCUT2D eigenvalue weighted by Gasteiger charge is -2.25. The SMILES string of the molecule is C=CCOc1ccc(C2/C(=C(\O)c3ccc(OC)cc3)C(=O)C(=O)N2CCc2ccccc2)cc1. The van der Waals surface area contributed by atoms with E-state index >= 15 is 0 Å². The maximum absolute atomic E-state index is 13.2. The Labute approximate surface area is 204 Å². The standard InChI is InChI=1S/C29H27NO5/c1-3-19-35-24-15-9-21(10-16-24)26-25(27(31)22-11-13-23(34-2)14-12-22)28(32)29(33)30(26)18-17-20-7-5-4-6-8-20/h3-16,26,31H,1,17-19H2,2H3/b27-25+. The smallest absolute Gasteiger partial charge is 0.295 e. The number of aliphatic hydroxyl groups excluding tert-OH is 1. The molecule has 0 bridgehead atoms. The Balaban J connectivity index is 1.74. The molecule has 1 aliphatic rings. The van der Waals surface area contributed by atoms with Crippen molar-refractivity contribution in [2.24, 2.45) is 0 Å². The summed E-state index contributed by atoms with van der Waals surface area (Å²) >= 11 is 0. The molecular formula is C29H27NO5. The zero-order valence-electron chi connectivity index (χ0n) is 19.5. The quantitative estimate of drug-likeness (QED) is 0.208. The highest BCUT2D eigenvalue weighted by Gasteiger charge is 2.45. The first-order chi connectivity index (χ1) is 17.0. The highest BCUT2D eigenvalue weighted by molar-refractivity contribution is 6.46. The molecule has 0 saturated carbocycles. The van der Waals surface area contributed by atoms with Gasteiger partial charge in [0, 0.05) is 12.1 Å². The lowest BCUT2D eigenvalue weighted by molar-refractivity contribution is -0.139. The molecule has 1 atom stereocenters. The van der Waals surface area contributed by atoms with Crippen LogP contribution in [0, 0.1) is 0 Å². The highest BCUT2D eigenvalue weighted by atomic mass is 16.5. The topological polar surface area (TPSA) is 76.1 Å². The molecule has 3 aromatic carbocycles. The van der Waals surface area contributed by atoms with Crippen LogP contribution in [-0.2, 0) is 16.0 Å². The summed E-state index contributed by atoms with van der Waals surface area (Å²) in [4.78, 5) is 27.9. The Kier molecular flexibility index (Phi) is 7.31. The van der Waals surface area contributed by atoms with Gasteiger partial charge in [-0.3, -0.25) is 9.59 Å². The Morgan fingerprint density at radius 1 is 0.971 bits per heavy atom. The van der Waals surface area contributed by atoms with Crippen molar-refractivity contribution in [1.82, 2.24) is 4.90 Å². The van der Waals surface area contributed by atoms with E-state index in [2.05, 4.69) is 6.58 Å². The zero-order valence-corrected chi connectivity index (χ0v) is 19.5. The number of carbonyl (C=O) groups excluding carboxylic acids is 2. The number of Topliss-reactive ketones (excluding diaryl/α,β-unsaturated/α-hetero) is 1. The molecule has 0 radical (unpaired) electrons. The van der Waals surface area contributed by atoms with Gasteiger partial charge in [-0.1, -0.05) is 55.1 Å². The Morgan fingerprint density at radius 2 is 1.63 bits per heavy atom. The molecule has 1 unspecified atom stereocenters. The average Bonchev–Trinajstić information content (AvgIpc) is 3.16. The lowest BCUT2D eigenvalue weighted by atomic mass is 9.95. The number of hydrogen-bond donors (Lipinski definition) is 1. The van der Waals surface area contributed by atoms with Crippen LogP contribution in [0.25, 0.3) is 5.76 Å². The summed E-state index contributed by atoms with van der Waals surface area (Å²) in [5, 5.41) is 11.2. The molecule has 4 rings (SSSR count). The number of methoxy groups -OCH3 is 1. The number of amides is 1. The number of likely N-dealkylation sites (tertiary alicyclic amines) is 1. The Hall–Kier alpha value is -4.32. The summed E-state index contributed by atoms with van der Waals surface area (Å²) in [6.45, 7) is 4.34. The summed E-state index contributed by atoms with van der Waals surface area (Å²) in [6, 6.07) is 22.9. The molecular weight excluding hydrogens is 442 g/mol. The largest absolute Gasteiger partial charge is 0.507 e. The zero-order chi connectivity index (χ0) is 24.8. The normalized spacial score (nSPS) is 16.8. The van der Waals surface area contributed by atoms with Crippen LogP contribution in [0.4, 0.5) is 0 Å². The van der Waals surface area contributed by atoms with E-state index in [0.29, 0.717) is 42.2 Å². The second-order valence-corrected chi connectivity index (χ2v) is 8.13. The Morgan fingerprint density at radius 3 is 2.26 bits per heavy atom. The van der Waals surface area contributed by atoms with Gasteiger partial charge in [-0.2, -0.15) is 0 Å². The second-order valence-electron chi connectivity index (χ2n) is 8.13. The van der Waals surface area contributed by atoms with Crippen molar-refractivity contribution in [2.45, 2.75) is 12.5 Å². The van der Waals surface area contributed by atoms with E-state index in [9.17, 15) is 14.7 Å². The molecule has 0 aliphatic carbocycles. The minimum atomic E-state index is -0.728. The first kappa shape index (κ1) is 23.8. The highest BCUT2D eigenvalue weighted by Crippen LogP contribution is 2.40. The van der Waals surface area contributed by atoms with Crippen LogP contribution in [0.3, 0.4) is 0 Å². The van der Waals surface area contributed by atoms with E-state index in [1.165, 1.54) is 4.90 Å². The molecule has 3 aromatic rings. The third kappa shape index (κ3) is 5.11. The fraction of sp³-hybridized carbons (Fsp3) is 0.172. The number of ether oxygens (including phenoxy) is 2. The van der Waals surface area contributed by atoms with E-state index in [-0.39, 0.29) is 11.3 Å². The molecule has 6 heteroatoms. The summed E-state index contributed by atoms with van der Waals surface area (Å²) in [7, 11) is 1.55. The van der Waals surface area contributed by atoms with Crippen LogP contribution >= 0.6 is 0 Å². The molecule has 6 nitrogen and oxygen atoms in total. The number of ketones is 1. The summed E-state index contributed by atoms with van der Waals surface area (Å²) in [6.07, 6.45) is 2.23.